The predicted octanol–water partition coefficient (Wildman–Crippen LogP) is 2.04. The standard InChI is InChI=1S/C15H16ClN3O3S/c1-23(20,21)12-4-2-3-11(9-12)13-10-14(18-15(16)17-13)19-5-7-22-8-6-19/h2-4,9-10H,5-8H2,1H3. The number of sulfone groups is 1. The van der Waals surface area contributed by atoms with Gasteiger partial charge >= 0.3 is 0 Å². The van der Waals surface area contributed by atoms with Crippen LogP contribution in [0.15, 0.2) is 35.2 Å². The lowest BCUT2D eigenvalue weighted by molar-refractivity contribution is 0.122. The van der Waals surface area contributed by atoms with Gasteiger partial charge in [0, 0.05) is 31.0 Å². The van der Waals surface area contributed by atoms with Gasteiger partial charge in [-0.25, -0.2) is 18.4 Å². The van der Waals surface area contributed by atoms with E-state index in [-0.39, 0.29) is 10.2 Å². The minimum atomic E-state index is -3.28. The third-order valence-electron chi connectivity index (χ3n) is 3.58. The molecule has 0 N–H and O–H groups in total. The molecule has 2 heterocycles. The van der Waals surface area contributed by atoms with Crippen LogP contribution in [0.25, 0.3) is 11.3 Å². The van der Waals surface area contributed by atoms with E-state index in [1.54, 1.807) is 24.3 Å². The lowest BCUT2D eigenvalue weighted by Gasteiger charge is -2.28. The Bertz CT molecular complexity index is 820. The number of hydrogen-bond donors (Lipinski definition) is 0. The Kier molecular flexibility index (Phi) is 4.52. The molecule has 0 saturated carbocycles. The van der Waals surface area contributed by atoms with Gasteiger partial charge in [0.1, 0.15) is 5.82 Å². The number of morpholine rings is 1. The highest BCUT2D eigenvalue weighted by Crippen LogP contribution is 2.26. The highest BCUT2D eigenvalue weighted by atomic mass is 35.5. The van der Waals surface area contributed by atoms with Crippen molar-refractivity contribution in [2.24, 2.45) is 0 Å². The lowest BCUT2D eigenvalue weighted by atomic mass is 10.1. The van der Waals surface area contributed by atoms with E-state index in [1.807, 2.05) is 6.07 Å². The lowest BCUT2D eigenvalue weighted by Crippen LogP contribution is -2.36. The van der Waals surface area contributed by atoms with Gasteiger partial charge in [-0.3, -0.25) is 0 Å². The number of rotatable bonds is 3. The molecule has 0 bridgehead atoms. The van der Waals surface area contributed by atoms with Gasteiger partial charge in [-0.1, -0.05) is 12.1 Å². The topological polar surface area (TPSA) is 72.4 Å². The molecule has 2 aromatic rings. The fraction of sp³-hybridized carbons (Fsp3) is 0.333. The van der Waals surface area contributed by atoms with Crippen LogP contribution in [0.4, 0.5) is 5.82 Å². The SMILES string of the molecule is CS(=O)(=O)c1cccc(-c2cc(N3CCOCC3)nc(Cl)n2)c1. The van der Waals surface area contributed by atoms with Crippen molar-refractivity contribution >= 4 is 27.3 Å². The molecule has 0 unspecified atom stereocenters. The predicted molar refractivity (Wildman–Crippen MR) is 88.6 cm³/mol. The molecule has 23 heavy (non-hydrogen) atoms. The molecule has 8 heteroatoms. The van der Waals surface area contributed by atoms with E-state index in [4.69, 9.17) is 16.3 Å². The van der Waals surface area contributed by atoms with Crippen molar-refractivity contribution in [2.45, 2.75) is 4.90 Å². The van der Waals surface area contributed by atoms with Gasteiger partial charge in [0.15, 0.2) is 9.84 Å². The van der Waals surface area contributed by atoms with Crippen molar-refractivity contribution in [3.63, 3.8) is 0 Å². The zero-order chi connectivity index (χ0) is 16.4. The van der Waals surface area contributed by atoms with E-state index in [0.717, 1.165) is 13.1 Å². The van der Waals surface area contributed by atoms with Crippen LogP contribution in [0.5, 0.6) is 0 Å². The summed E-state index contributed by atoms with van der Waals surface area (Å²) in [4.78, 5) is 10.8. The van der Waals surface area contributed by atoms with Gasteiger partial charge in [-0.2, -0.15) is 0 Å². The molecule has 0 spiro atoms. The summed E-state index contributed by atoms with van der Waals surface area (Å²) < 4.78 is 28.8. The smallest absolute Gasteiger partial charge is 0.224 e. The molecule has 0 aliphatic carbocycles. The maximum atomic E-state index is 11.7. The van der Waals surface area contributed by atoms with Crippen molar-refractivity contribution in [1.82, 2.24) is 9.97 Å². The molecule has 0 atom stereocenters. The first kappa shape index (κ1) is 16.2. The molecule has 3 rings (SSSR count). The van der Waals surface area contributed by atoms with Crippen LogP contribution >= 0.6 is 11.6 Å². The highest BCUT2D eigenvalue weighted by Gasteiger charge is 2.16. The van der Waals surface area contributed by atoms with E-state index in [1.165, 1.54) is 6.26 Å². The first-order valence-electron chi connectivity index (χ1n) is 7.11. The average molecular weight is 354 g/mol. The second-order valence-corrected chi connectivity index (χ2v) is 7.63. The Morgan fingerprint density at radius 2 is 1.91 bits per heavy atom. The zero-order valence-corrected chi connectivity index (χ0v) is 14.1. The Morgan fingerprint density at radius 3 is 2.61 bits per heavy atom. The number of hydrogen-bond acceptors (Lipinski definition) is 6. The Hall–Kier alpha value is -1.70. The largest absolute Gasteiger partial charge is 0.378 e. The minimum Gasteiger partial charge on any atom is -0.378 e. The molecular formula is C15H16ClN3O3S. The zero-order valence-electron chi connectivity index (χ0n) is 12.6. The Morgan fingerprint density at radius 1 is 1.17 bits per heavy atom. The fourth-order valence-corrected chi connectivity index (χ4v) is 3.24. The van der Waals surface area contributed by atoms with E-state index in [0.29, 0.717) is 30.3 Å². The molecule has 1 aliphatic heterocycles. The maximum absolute atomic E-state index is 11.7. The summed E-state index contributed by atoms with van der Waals surface area (Å²) in [6.45, 7) is 2.74. The van der Waals surface area contributed by atoms with E-state index in [9.17, 15) is 8.42 Å². The number of ether oxygens (including phenoxy) is 1. The van der Waals surface area contributed by atoms with Gasteiger partial charge in [0.05, 0.1) is 23.8 Å². The molecule has 122 valence electrons. The number of nitrogens with zero attached hydrogens (tertiary/aromatic N) is 3. The molecule has 1 aliphatic rings. The van der Waals surface area contributed by atoms with E-state index in [2.05, 4.69) is 14.9 Å². The third-order valence-corrected chi connectivity index (χ3v) is 4.86. The molecule has 6 nitrogen and oxygen atoms in total. The summed E-state index contributed by atoms with van der Waals surface area (Å²) >= 11 is 6.05. The van der Waals surface area contributed by atoms with Gasteiger partial charge in [-0.15, -0.1) is 0 Å². The van der Waals surface area contributed by atoms with Crippen molar-refractivity contribution in [3.05, 3.63) is 35.6 Å². The second kappa shape index (κ2) is 6.43. The Balaban J connectivity index is 2.01. The summed E-state index contributed by atoms with van der Waals surface area (Å²) in [5.41, 5.74) is 1.28. The van der Waals surface area contributed by atoms with E-state index < -0.39 is 9.84 Å². The maximum Gasteiger partial charge on any atom is 0.224 e. The van der Waals surface area contributed by atoms with Crippen molar-refractivity contribution in [2.75, 3.05) is 37.5 Å². The van der Waals surface area contributed by atoms with Crippen LogP contribution < -0.4 is 4.90 Å². The number of aromatic nitrogens is 2. The fourth-order valence-electron chi connectivity index (χ4n) is 2.39. The summed E-state index contributed by atoms with van der Waals surface area (Å²) in [5, 5.41) is 0.133. The van der Waals surface area contributed by atoms with Crippen LogP contribution in [0.3, 0.4) is 0 Å². The van der Waals surface area contributed by atoms with Gasteiger partial charge in [0.25, 0.3) is 0 Å². The summed E-state index contributed by atoms with van der Waals surface area (Å²) in [6.07, 6.45) is 1.18. The molecule has 1 saturated heterocycles. The highest BCUT2D eigenvalue weighted by molar-refractivity contribution is 7.90. The van der Waals surface area contributed by atoms with Crippen LogP contribution in [0.1, 0.15) is 0 Å². The van der Waals surface area contributed by atoms with Gasteiger partial charge in [0.2, 0.25) is 5.28 Å². The molecule has 1 aromatic carbocycles. The van der Waals surface area contributed by atoms with Crippen LogP contribution in [0.2, 0.25) is 5.28 Å². The second-order valence-electron chi connectivity index (χ2n) is 5.28. The summed E-state index contributed by atoms with van der Waals surface area (Å²) in [5.74, 6) is 0.716. The van der Waals surface area contributed by atoms with Crippen molar-refractivity contribution in [3.8, 4) is 11.3 Å². The normalized spacial score (nSPS) is 15.7. The third kappa shape index (κ3) is 3.80. The molecule has 0 radical (unpaired) electrons. The summed E-state index contributed by atoms with van der Waals surface area (Å²) in [7, 11) is -3.28. The quantitative estimate of drug-likeness (QED) is 0.786. The van der Waals surface area contributed by atoms with Crippen molar-refractivity contribution < 1.29 is 13.2 Å². The van der Waals surface area contributed by atoms with Crippen LogP contribution in [-0.2, 0) is 14.6 Å². The average Bonchev–Trinajstić information content (AvgIpc) is 2.54. The van der Waals surface area contributed by atoms with Gasteiger partial charge < -0.3 is 9.64 Å². The first-order valence-corrected chi connectivity index (χ1v) is 9.38. The molecule has 1 fully saturated rings. The van der Waals surface area contributed by atoms with Crippen molar-refractivity contribution in [1.29, 1.82) is 0 Å². The molecule has 1 aromatic heterocycles. The van der Waals surface area contributed by atoms with Gasteiger partial charge in [-0.05, 0) is 23.7 Å². The first-order chi connectivity index (χ1) is 10.9. The Labute approximate surface area is 140 Å². The number of anilines is 1. The monoisotopic (exact) mass is 353 g/mol. The summed E-state index contributed by atoms with van der Waals surface area (Å²) in [6, 6.07) is 8.47. The molecular weight excluding hydrogens is 338 g/mol. The van der Waals surface area contributed by atoms with E-state index >= 15 is 0 Å². The van der Waals surface area contributed by atoms with Crippen LogP contribution in [-0.4, -0.2) is 50.9 Å². The number of benzene rings is 1. The molecule has 0 amide bonds. The minimum absolute atomic E-state index is 0.133. The van der Waals surface area contributed by atoms with Crippen LogP contribution in [0, 0.1) is 0 Å². The number of halogens is 1.